The van der Waals surface area contributed by atoms with Gasteiger partial charge < -0.3 is 9.64 Å². The van der Waals surface area contributed by atoms with E-state index in [1.165, 1.54) is 6.33 Å². The minimum absolute atomic E-state index is 0.251. The molecule has 146 valence electrons. The van der Waals surface area contributed by atoms with Gasteiger partial charge in [-0.15, -0.1) is 10.2 Å². The summed E-state index contributed by atoms with van der Waals surface area (Å²) >= 11 is 1.16. The van der Waals surface area contributed by atoms with Gasteiger partial charge in [0.15, 0.2) is 5.82 Å². The molecule has 0 unspecified atom stereocenters. The molecule has 0 saturated carbocycles. The first-order chi connectivity index (χ1) is 13.7. The van der Waals surface area contributed by atoms with Crippen molar-refractivity contribution >= 4 is 17.7 Å². The van der Waals surface area contributed by atoms with Gasteiger partial charge in [-0.3, -0.25) is 4.57 Å². The summed E-state index contributed by atoms with van der Waals surface area (Å²) < 4.78 is 22.1. The van der Waals surface area contributed by atoms with Crippen molar-refractivity contribution in [3.05, 3.63) is 47.7 Å². The summed E-state index contributed by atoms with van der Waals surface area (Å²) in [5, 5.41) is 9.56. The topological polar surface area (TPSA) is 69.0 Å². The van der Waals surface area contributed by atoms with Gasteiger partial charge >= 0.3 is 0 Å². The molecule has 0 atom stereocenters. The van der Waals surface area contributed by atoms with E-state index in [-0.39, 0.29) is 5.03 Å². The third kappa shape index (κ3) is 3.72. The average molecular weight is 400 g/mol. The second kappa shape index (κ2) is 8.24. The summed E-state index contributed by atoms with van der Waals surface area (Å²) in [6.07, 6.45) is 1.89. The van der Waals surface area contributed by atoms with E-state index in [1.807, 2.05) is 42.7 Å². The van der Waals surface area contributed by atoms with Gasteiger partial charge in [-0.25, -0.2) is 14.4 Å². The van der Waals surface area contributed by atoms with Gasteiger partial charge in [-0.1, -0.05) is 24.6 Å². The van der Waals surface area contributed by atoms with Crippen LogP contribution in [0.1, 0.15) is 18.2 Å². The minimum Gasteiger partial charge on any atom is -0.378 e. The summed E-state index contributed by atoms with van der Waals surface area (Å²) in [5.41, 5.74) is 2.48. The predicted octanol–water partition coefficient (Wildman–Crippen LogP) is 3.06. The lowest BCUT2D eigenvalue weighted by Crippen LogP contribution is -2.37. The number of hydrogen-bond donors (Lipinski definition) is 0. The third-order valence-corrected chi connectivity index (χ3v) is 5.48. The highest BCUT2D eigenvalue weighted by molar-refractivity contribution is 7.99. The van der Waals surface area contributed by atoms with Crippen LogP contribution in [0.25, 0.3) is 5.69 Å². The van der Waals surface area contributed by atoms with Crippen molar-refractivity contribution in [1.82, 2.24) is 24.7 Å². The lowest BCUT2D eigenvalue weighted by atomic mass is 10.2. The zero-order chi connectivity index (χ0) is 19.5. The Hall–Kier alpha value is -2.52. The fraction of sp³-hybridized carbons (Fsp3) is 0.368. The normalized spacial score (nSPS) is 14.5. The minimum atomic E-state index is -0.402. The van der Waals surface area contributed by atoms with Gasteiger partial charge in [0.2, 0.25) is 11.1 Å². The molecular formula is C19H21FN6OS. The molecular weight excluding hydrogens is 379 g/mol. The van der Waals surface area contributed by atoms with Crippen molar-refractivity contribution < 1.29 is 9.13 Å². The van der Waals surface area contributed by atoms with Crippen LogP contribution in [0.4, 0.5) is 10.3 Å². The Morgan fingerprint density at radius 2 is 1.86 bits per heavy atom. The molecule has 3 aromatic rings. The molecule has 2 aromatic heterocycles. The first-order valence-corrected chi connectivity index (χ1v) is 10.0. The first kappa shape index (κ1) is 18.8. The number of rotatable bonds is 5. The van der Waals surface area contributed by atoms with Crippen molar-refractivity contribution in [2.45, 2.75) is 30.5 Å². The summed E-state index contributed by atoms with van der Waals surface area (Å²) in [6.45, 7) is 6.66. The number of morpholine rings is 1. The van der Waals surface area contributed by atoms with Gasteiger partial charge in [0.05, 0.1) is 24.6 Å². The maximum absolute atomic E-state index is 14.7. The van der Waals surface area contributed by atoms with E-state index in [4.69, 9.17) is 4.74 Å². The number of anilines is 1. The smallest absolute Gasteiger partial charge is 0.232 e. The largest absolute Gasteiger partial charge is 0.378 e. The Bertz CT molecular complexity index is 956. The second-order valence-electron chi connectivity index (χ2n) is 6.45. The summed E-state index contributed by atoms with van der Waals surface area (Å²) in [6, 6.07) is 8.10. The summed E-state index contributed by atoms with van der Waals surface area (Å²) in [5.74, 6) is 0.321. The zero-order valence-electron chi connectivity index (χ0n) is 15.8. The number of aromatic nitrogens is 5. The van der Waals surface area contributed by atoms with Crippen molar-refractivity contribution in [1.29, 1.82) is 0 Å². The Labute approximate surface area is 167 Å². The number of ether oxygens (including phenoxy) is 1. The number of aryl methyl sites for hydroxylation is 2. The van der Waals surface area contributed by atoms with Crippen LogP contribution in [0.2, 0.25) is 0 Å². The van der Waals surface area contributed by atoms with Crippen LogP contribution in [0.3, 0.4) is 0 Å². The van der Waals surface area contributed by atoms with E-state index < -0.39 is 5.82 Å². The van der Waals surface area contributed by atoms with Gasteiger partial charge in [0, 0.05) is 13.1 Å². The summed E-state index contributed by atoms with van der Waals surface area (Å²) in [4.78, 5) is 10.3. The molecule has 4 rings (SSSR count). The van der Waals surface area contributed by atoms with Gasteiger partial charge in [0.1, 0.15) is 11.4 Å². The maximum atomic E-state index is 14.7. The van der Waals surface area contributed by atoms with E-state index in [1.54, 1.807) is 0 Å². The highest BCUT2D eigenvalue weighted by Gasteiger charge is 2.23. The van der Waals surface area contributed by atoms with Gasteiger partial charge in [-0.2, -0.15) is 0 Å². The van der Waals surface area contributed by atoms with Gasteiger partial charge in [0.25, 0.3) is 0 Å². The molecule has 7 nitrogen and oxygen atoms in total. The lowest BCUT2D eigenvalue weighted by molar-refractivity contribution is 0.122. The molecule has 1 aromatic carbocycles. The van der Waals surface area contributed by atoms with E-state index in [0.717, 1.165) is 42.1 Å². The number of hydrogen-bond acceptors (Lipinski definition) is 7. The van der Waals surface area contributed by atoms with Crippen LogP contribution >= 0.6 is 11.8 Å². The van der Waals surface area contributed by atoms with Crippen molar-refractivity contribution in [2.24, 2.45) is 0 Å². The quantitative estimate of drug-likeness (QED) is 0.610. The van der Waals surface area contributed by atoms with Crippen LogP contribution in [-0.4, -0.2) is 51.0 Å². The molecule has 0 radical (unpaired) electrons. The molecule has 28 heavy (non-hydrogen) atoms. The molecule has 1 aliphatic heterocycles. The van der Waals surface area contributed by atoms with Crippen LogP contribution in [0.5, 0.6) is 0 Å². The van der Waals surface area contributed by atoms with Crippen LogP contribution in [-0.2, 0) is 11.2 Å². The Morgan fingerprint density at radius 1 is 1.11 bits per heavy atom. The Balaban J connectivity index is 1.77. The fourth-order valence-electron chi connectivity index (χ4n) is 3.01. The van der Waals surface area contributed by atoms with Crippen molar-refractivity contribution in [3.63, 3.8) is 0 Å². The van der Waals surface area contributed by atoms with E-state index in [0.29, 0.717) is 30.5 Å². The number of nitrogens with zero attached hydrogens (tertiary/aromatic N) is 6. The van der Waals surface area contributed by atoms with Crippen LogP contribution in [0, 0.1) is 12.7 Å². The second-order valence-corrected chi connectivity index (χ2v) is 7.40. The molecule has 1 saturated heterocycles. The molecule has 3 heterocycles. The average Bonchev–Trinajstić information content (AvgIpc) is 3.14. The molecule has 0 bridgehead atoms. The van der Waals surface area contributed by atoms with Crippen molar-refractivity contribution in [3.8, 4) is 5.69 Å². The van der Waals surface area contributed by atoms with E-state index in [9.17, 15) is 4.39 Å². The highest BCUT2D eigenvalue weighted by Crippen LogP contribution is 2.32. The Kier molecular flexibility index (Phi) is 5.54. The van der Waals surface area contributed by atoms with E-state index >= 15 is 0 Å². The standard InChI is InChI=1S/C19H21FN6OS/c1-3-15-16(20)17(22-12-21-15)28-19-24-23-18(25-8-10-27-11-9-25)26(19)14-6-4-13(2)5-7-14/h4-7,12H,3,8-11H2,1-2H3. The molecule has 0 N–H and O–H groups in total. The van der Waals surface area contributed by atoms with Crippen LogP contribution in [0.15, 0.2) is 40.8 Å². The van der Waals surface area contributed by atoms with Crippen LogP contribution < -0.4 is 4.90 Å². The number of halogens is 1. The predicted molar refractivity (Wildman–Crippen MR) is 105 cm³/mol. The highest BCUT2D eigenvalue weighted by atomic mass is 32.2. The molecule has 0 aliphatic carbocycles. The van der Waals surface area contributed by atoms with Crippen molar-refractivity contribution in [2.75, 3.05) is 31.2 Å². The first-order valence-electron chi connectivity index (χ1n) is 9.19. The monoisotopic (exact) mass is 400 g/mol. The molecule has 0 spiro atoms. The van der Waals surface area contributed by atoms with Gasteiger partial charge in [-0.05, 0) is 37.2 Å². The molecule has 0 amide bonds. The fourth-order valence-corrected chi connectivity index (χ4v) is 3.85. The molecule has 9 heteroatoms. The molecule has 1 fully saturated rings. The lowest BCUT2D eigenvalue weighted by Gasteiger charge is -2.27. The zero-order valence-corrected chi connectivity index (χ0v) is 16.6. The number of benzene rings is 1. The summed E-state index contributed by atoms with van der Waals surface area (Å²) in [7, 11) is 0. The molecule has 1 aliphatic rings. The third-order valence-electron chi connectivity index (χ3n) is 4.55. The Morgan fingerprint density at radius 3 is 2.57 bits per heavy atom. The SMILES string of the molecule is CCc1ncnc(Sc2nnc(N3CCOCC3)n2-c2ccc(C)cc2)c1F. The maximum Gasteiger partial charge on any atom is 0.232 e. The van der Waals surface area contributed by atoms with E-state index in [2.05, 4.69) is 25.1 Å².